The Morgan fingerprint density at radius 3 is 2.50 bits per heavy atom. The second kappa shape index (κ2) is 3.88. The predicted molar refractivity (Wildman–Crippen MR) is 47.9 cm³/mol. The van der Waals surface area contributed by atoms with Crippen LogP contribution in [0.15, 0.2) is 11.4 Å². The number of thiophene rings is 1. The molecule has 0 radical (unpaired) electrons. The van der Waals surface area contributed by atoms with Gasteiger partial charge >= 0.3 is 6.18 Å². The number of rotatable bonds is 2. The van der Waals surface area contributed by atoms with Gasteiger partial charge in [-0.25, -0.2) is 0 Å². The van der Waals surface area contributed by atoms with Gasteiger partial charge in [-0.15, -0.1) is 11.3 Å². The minimum atomic E-state index is -4.42. The molecular weight excluding hydrogens is 215 g/mol. The van der Waals surface area contributed by atoms with Crippen molar-refractivity contribution in [1.82, 2.24) is 0 Å². The molecule has 0 fully saturated rings. The highest BCUT2D eigenvalue weighted by molar-refractivity contribution is 7.10. The third-order valence-electron chi connectivity index (χ3n) is 1.77. The lowest BCUT2D eigenvalue weighted by Gasteiger charge is -2.16. The normalized spacial score (nSPS) is 16.7. The van der Waals surface area contributed by atoms with Crippen molar-refractivity contribution in [2.45, 2.75) is 25.2 Å². The van der Waals surface area contributed by atoms with Crippen molar-refractivity contribution in [1.29, 1.82) is 0 Å². The molecule has 1 aromatic heterocycles. The Balaban J connectivity index is 3.05. The van der Waals surface area contributed by atoms with E-state index < -0.39 is 23.2 Å². The van der Waals surface area contributed by atoms with E-state index in [1.165, 1.54) is 18.4 Å². The summed E-state index contributed by atoms with van der Waals surface area (Å²) in [6.07, 6.45) is -5.68. The molecule has 0 spiro atoms. The van der Waals surface area contributed by atoms with Gasteiger partial charge in [0.15, 0.2) is 0 Å². The molecule has 0 aromatic carbocycles. The van der Waals surface area contributed by atoms with Crippen LogP contribution < -0.4 is 5.73 Å². The lowest BCUT2D eigenvalue weighted by molar-refractivity contribution is -0.135. The fraction of sp³-hybridized carbons (Fsp3) is 0.500. The first-order valence-corrected chi connectivity index (χ1v) is 4.80. The SMILES string of the molecule is CC(N)C(O)c1ccsc1C(F)(F)F. The molecule has 0 amide bonds. The molecule has 0 bridgehead atoms. The standard InChI is InChI=1S/C8H10F3NOS/c1-4(12)6(13)5-2-3-14-7(5)8(9,10)11/h2-4,6,13H,12H2,1H3. The van der Waals surface area contributed by atoms with E-state index in [4.69, 9.17) is 5.73 Å². The number of hydrogen-bond donors (Lipinski definition) is 2. The van der Waals surface area contributed by atoms with Crippen LogP contribution in [0.2, 0.25) is 0 Å². The topological polar surface area (TPSA) is 46.2 Å². The Kier molecular flexibility index (Phi) is 3.18. The van der Waals surface area contributed by atoms with Crippen molar-refractivity contribution in [3.8, 4) is 0 Å². The zero-order chi connectivity index (χ0) is 10.9. The van der Waals surface area contributed by atoms with Crippen molar-refractivity contribution in [3.05, 3.63) is 21.9 Å². The van der Waals surface area contributed by atoms with E-state index in [-0.39, 0.29) is 5.56 Å². The number of aliphatic hydroxyl groups is 1. The fourth-order valence-electron chi connectivity index (χ4n) is 1.07. The van der Waals surface area contributed by atoms with Crippen molar-refractivity contribution >= 4 is 11.3 Å². The summed E-state index contributed by atoms with van der Waals surface area (Å²) < 4.78 is 37.1. The molecule has 0 aliphatic rings. The van der Waals surface area contributed by atoms with Gasteiger partial charge in [0.2, 0.25) is 0 Å². The van der Waals surface area contributed by atoms with Gasteiger partial charge in [-0.1, -0.05) is 0 Å². The van der Waals surface area contributed by atoms with Gasteiger partial charge in [0.05, 0.1) is 6.10 Å². The third-order valence-corrected chi connectivity index (χ3v) is 2.74. The van der Waals surface area contributed by atoms with E-state index in [1.807, 2.05) is 0 Å². The average Bonchev–Trinajstić information content (AvgIpc) is 2.48. The minimum absolute atomic E-state index is 0.141. The van der Waals surface area contributed by atoms with E-state index >= 15 is 0 Å². The first-order valence-electron chi connectivity index (χ1n) is 3.92. The summed E-state index contributed by atoms with van der Waals surface area (Å²) in [6.45, 7) is 1.46. The number of halogens is 3. The summed E-state index contributed by atoms with van der Waals surface area (Å²) in [5, 5.41) is 10.7. The molecule has 0 aliphatic heterocycles. The van der Waals surface area contributed by atoms with E-state index in [0.29, 0.717) is 11.3 Å². The highest BCUT2D eigenvalue weighted by Crippen LogP contribution is 2.38. The van der Waals surface area contributed by atoms with Crippen molar-refractivity contribution in [2.75, 3.05) is 0 Å². The molecule has 0 aliphatic carbocycles. The van der Waals surface area contributed by atoms with Crippen LogP contribution in [0.1, 0.15) is 23.5 Å². The van der Waals surface area contributed by atoms with Crippen LogP contribution in [0.5, 0.6) is 0 Å². The number of hydrogen-bond acceptors (Lipinski definition) is 3. The molecule has 0 saturated heterocycles. The van der Waals surface area contributed by atoms with Crippen molar-refractivity contribution in [2.24, 2.45) is 5.73 Å². The first kappa shape index (κ1) is 11.5. The summed E-state index contributed by atoms with van der Waals surface area (Å²) >= 11 is 0.562. The minimum Gasteiger partial charge on any atom is -0.387 e. The maximum Gasteiger partial charge on any atom is 0.425 e. The summed E-state index contributed by atoms with van der Waals surface area (Å²) in [4.78, 5) is -0.776. The summed E-state index contributed by atoms with van der Waals surface area (Å²) in [5.74, 6) is 0. The summed E-state index contributed by atoms with van der Waals surface area (Å²) in [5.41, 5.74) is 5.19. The van der Waals surface area contributed by atoms with Crippen LogP contribution in [-0.4, -0.2) is 11.1 Å². The van der Waals surface area contributed by atoms with Crippen molar-refractivity contribution < 1.29 is 18.3 Å². The van der Waals surface area contributed by atoms with Crippen molar-refractivity contribution in [3.63, 3.8) is 0 Å². The third kappa shape index (κ3) is 2.26. The van der Waals surface area contributed by atoms with Crippen LogP contribution in [0.3, 0.4) is 0 Å². The van der Waals surface area contributed by atoms with Gasteiger partial charge in [-0.3, -0.25) is 0 Å². The van der Waals surface area contributed by atoms with E-state index in [2.05, 4.69) is 0 Å². The van der Waals surface area contributed by atoms with Crippen LogP contribution in [0.25, 0.3) is 0 Å². The zero-order valence-corrected chi connectivity index (χ0v) is 8.19. The van der Waals surface area contributed by atoms with E-state index in [9.17, 15) is 18.3 Å². The Labute approximate surface area is 83.2 Å². The quantitative estimate of drug-likeness (QED) is 0.810. The highest BCUT2D eigenvalue weighted by Gasteiger charge is 2.37. The molecule has 1 rings (SSSR count). The zero-order valence-electron chi connectivity index (χ0n) is 7.38. The molecular formula is C8H10F3NOS. The number of aliphatic hydroxyl groups excluding tert-OH is 1. The molecule has 2 unspecified atom stereocenters. The molecule has 6 heteroatoms. The molecule has 3 N–H and O–H groups in total. The van der Waals surface area contributed by atoms with E-state index in [1.54, 1.807) is 0 Å². The van der Waals surface area contributed by atoms with Crippen LogP contribution >= 0.6 is 11.3 Å². The first-order chi connectivity index (χ1) is 6.34. The van der Waals surface area contributed by atoms with Gasteiger partial charge in [-0.2, -0.15) is 13.2 Å². The lowest BCUT2D eigenvalue weighted by atomic mass is 10.1. The smallest absolute Gasteiger partial charge is 0.387 e. The van der Waals surface area contributed by atoms with Gasteiger partial charge in [0, 0.05) is 11.6 Å². The highest BCUT2D eigenvalue weighted by atomic mass is 32.1. The monoisotopic (exact) mass is 225 g/mol. The Bertz CT molecular complexity index is 308. The second-order valence-corrected chi connectivity index (χ2v) is 3.92. The summed E-state index contributed by atoms with van der Waals surface area (Å²) in [6, 6.07) is 0.535. The predicted octanol–water partition coefficient (Wildman–Crippen LogP) is 2.15. The largest absolute Gasteiger partial charge is 0.425 e. The molecule has 0 saturated carbocycles. The second-order valence-electron chi connectivity index (χ2n) is 3.01. The Morgan fingerprint density at radius 1 is 1.50 bits per heavy atom. The Hall–Kier alpha value is -0.590. The fourth-order valence-corrected chi connectivity index (χ4v) is 1.87. The lowest BCUT2D eigenvalue weighted by Crippen LogP contribution is -2.25. The van der Waals surface area contributed by atoms with Crippen LogP contribution in [0.4, 0.5) is 13.2 Å². The average molecular weight is 225 g/mol. The summed E-state index contributed by atoms with van der Waals surface area (Å²) in [7, 11) is 0. The van der Waals surface area contributed by atoms with Gasteiger partial charge < -0.3 is 10.8 Å². The van der Waals surface area contributed by atoms with Crippen LogP contribution in [0, 0.1) is 0 Å². The molecule has 14 heavy (non-hydrogen) atoms. The number of nitrogens with two attached hydrogens (primary N) is 1. The maximum absolute atomic E-state index is 12.4. The molecule has 1 aromatic rings. The van der Waals surface area contributed by atoms with Gasteiger partial charge in [0.1, 0.15) is 4.88 Å². The van der Waals surface area contributed by atoms with Gasteiger partial charge in [-0.05, 0) is 18.4 Å². The number of alkyl halides is 3. The Morgan fingerprint density at radius 2 is 2.07 bits per heavy atom. The van der Waals surface area contributed by atoms with Gasteiger partial charge in [0.25, 0.3) is 0 Å². The van der Waals surface area contributed by atoms with E-state index in [0.717, 1.165) is 0 Å². The van der Waals surface area contributed by atoms with Crippen LogP contribution in [-0.2, 0) is 6.18 Å². The molecule has 2 nitrogen and oxygen atoms in total. The molecule has 2 atom stereocenters. The molecule has 1 heterocycles. The molecule has 80 valence electrons. The maximum atomic E-state index is 12.4.